The van der Waals surface area contributed by atoms with Gasteiger partial charge in [-0.3, -0.25) is 9.10 Å². The summed E-state index contributed by atoms with van der Waals surface area (Å²) in [5.41, 5.74) is 2.40. The predicted octanol–water partition coefficient (Wildman–Crippen LogP) is 3.62. The molecule has 0 bridgehead atoms. The minimum absolute atomic E-state index is 0.0233. The molecule has 158 valence electrons. The molecule has 0 radical (unpaired) electrons. The van der Waals surface area contributed by atoms with Crippen LogP contribution in [0.5, 0.6) is 5.75 Å². The number of rotatable bonds is 3. The van der Waals surface area contributed by atoms with Crippen molar-refractivity contribution in [2.24, 2.45) is 0 Å². The molecule has 0 N–H and O–H groups in total. The van der Waals surface area contributed by atoms with Gasteiger partial charge in [0.2, 0.25) is 0 Å². The predicted molar refractivity (Wildman–Crippen MR) is 119 cm³/mol. The highest BCUT2D eigenvalue weighted by atomic mass is 32.2. The molecule has 6 nitrogen and oxygen atoms in total. The Balaban J connectivity index is 1.53. The Morgan fingerprint density at radius 3 is 2.32 bits per heavy atom. The SMILES string of the molecule is C[C@H]1Cc2ccccc2N1C(=O)[C@@H]1CN(S(=O)(=O)c2ccccc2)c2ccccc2O1. The normalized spacial score (nSPS) is 20.0. The van der Waals surface area contributed by atoms with Crippen LogP contribution in [0.2, 0.25) is 0 Å². The number of amides is 1. The van der Waals surface area contributed by atoms with Gasteiger partial charge in [0, 0.05) is 11.7 Å². The van der Waals surface area contributed by atoms with Crippen molar-refractivity contribution < 1.29 is 17.9 Å². The summed E-state index contributed by atoms with van der Waals surface area (Å²) >= 11 is 0. The average Bonchev–Trinajstić information content (AvgIpc) is 3.14. The molecule has 0 saturated carbocycles. The molecule has 7 heteroatoms. The first-order valence-corrected chi connectivity index (χ1v) is 11.7. The Labute approximate surface area is 181 Å². The van der Waals surface area contributed by atoms with E-state index in [2.05, 4.69) is 0 Å². The number of sulfonamides is 1. The summed E-state index contributed by atoms with van der Waals surface area (Å²) in [6.07, 6.45) is -0.181. The van der Waals surface area contributed by atoms with Crippen molar-refractivity contribution in [1.29, 1.82) is 0 Å². The summed E-state index contributed by atoms with van der Waals surface area (Å²) in [5.74, 6) is 0.145. The van der Waals surface area contributed by atoms with E-state index in [-0.39, 0.29) is 23.4 Å². The molecule has 2 atom stereocenters. The maximum Gasteiger partial charge on any atom is 0.270 e. The number of anilines is 2. The third-order valence-electron chi connectivity index (χ3n) is 5.79. The van der Waals surface area contributed by atoms with Crippen molar-refractivity contribution in [2.75, 3.05) is 15.7 Å². The molecule has 0 unspecified atom stereocenters. The van der Waals surface area contributed by atoms with Crippen molar-refractivity contribution in [3.63, 3.8) is 0 Å². The number of hydrogen-bond donors (Lipinski definition) is 0. The van der Waals surface area contributed by atoms with Gasteiger partial charge < -0.3 is 9.64 Å². The lowest BCUT2D eigenvalue weighted by atomic mass is 10.1. The van der Waals surface area contributed by atoms with Gasteiger partial charge in [0.25, 0.3) is 15.9 Å². The van der Waals surface area contributed by atoms with Crippen LogP contribution in [-0.2, 0) is 21.2 Å². The molecule has 0 saturated heterocycles. The van der Waals surface area contributed by atoms with Crippen molar-refractivity contribution in [2.45, 2.75) is 30.4 Å². The third kappa shape index (κ3) is 3.25. The topological polar surface area (TPSA) is 66.9 Å². The second-order valence-corrected chi connectivity index (χ2v) is 9.68. The lowest BCUT2D eigenvalue weighted by Gasteiger charge is -2.37. The third-order valence-corrected chi connectivity index (χ3v) is 7.58. The largest absolute Gasteiger partial charge is 0.476 e. The van der Waals surface area contributed by atoms with E-state index in [1.807, 2.05) is 31.2 Å². The Kier molecular flexibility index (Phi) is 4.70. The molecule has 0 aliphatic carbocycles. The summed E-state index contributed by atoms with van der Waals surface area (Å²) in [7, 11) is -3.86. The maximum atomic E-state index is 13.6. The lowest BCUT2D eigenvalue weighted by Crippen LogP contribution is -2.53. The van der Waals surface area contributed by atoms with E-state index >= 15 is 0 Å². The van der Waals surface area contributed by atoms with Crippen molar-refractivity contribution in [1.82, 2.24) is 0 Å². The molecule has 2 aliphatic rings. The van der Waals surface area contributed by atoms with Crippen molar-refractivity contribution in [3.05, 3.63) is 84.4 Å². The second-order valence-electron chi connectivity index (χ2n) is 7.81. The molecule has 0 spiro atoms. The van der Waals surface area contributed by atoms with Gasteiger partial charge in [-0.2, -0.15) is 0 Å². The summed E-state index contributed by atoms with van der Waals surface area (Å²) in [6, 6.07) is 23.0. The van der Waals surface area contributed by atoms with E-state index < -0.39 is 16.1 Å². The number of carbonyl (C=O) groups is 1. The number of ether oxygens (including phenoxy) is 1. The fourth-order valence-corrected chi connectivity index (χ4v) is 5.83. The zero-order valence-corrected chi connectivity index (χ0v) is 17.8. The standard InChI is InChI=1S/C24H22N2O4S/c1-17-15-18-9-5-6-12-20(18)26(17)24(27)23-16-25(21-13-7-8-14-22(21)30-23)31(28,29)19-10-3-2-4-11-19/h2-14,17,23H,15-16H2,1H3/t17-,23-/m0/s1. The first-order valence-electron chi connectivity index (χ1n) is 10.2. The smallest absolute Gasteiger partial charge is 0.270 e. The highest BCUT2D eigenvalue weighted by molar-refractivity contribution is 7.92. The van der Waals surface area contributed by atoms with Crippen LogP contribution in [0.3, 0.4) is 0 Å². The van der Waals surface area contributed by atoms with Crippen LogP contribution in [0.25, 0.3) is 0 Å². The van der Waals surface area contributed by atoms with Gasteiger partial charge in [-0.05, 0) is 49.2 Å². The number of benzene rings is 3. The highest BCUT2D eigenvalue weighted by Crippen LogP contribution is 2.39. The molecule has 3 aromatic rings. The van der Waals surface area contributed by atoms with E-state index in [0.717, 1.165) is 17.7 Å². The fraction of sp³-hybridized carbons (Fsp3) is 0.208. The zero-order chi connectivity index (χ0) is 21.6. The van der Waals surface area contributed by atoms with Crippen LogP contribution in [0.15, 0.2) is 83.8 Å². The molecule has 5 rings (SSSR count). The molecule has 31 heavy (non-hydrogen) atoms. The average molecular weight is 435 g/mol. The Morgan fingerprint density at radius 2 is 1.55 bits per heavy atom. The van der Waals surface area contributed by atoms with Gasteiger partial charge in [0.15, 0.2) is 6.10 Å². The molecule has 1 amide bonds. The molecule has 0 aromatic heterocycles. The van der Waals surface area contributed by atoms with Crippen LogP contribution < -0.4 is 13.9 Å². The van der Waals surface area contributed by atoms with Gasteiger partial charge in [-0.25, -0.2) is 8.42 Å². The molecule has 0 fully saturated rings. The van der Waals surface area contributed by atoms with Crippen LogP contribution in [0, 0.1) is 0 Å². The summed E-state index contributed by atoms with van der Waals surface area (Å²) < 4.78 is 34.2. The maximum absolute atomic E-state index is 13.6. The number of fused-ring (bicyclic) bond motifs is 2. The van der Waals surface area contributed by atoms with Crippen LogP contribution in [0.4, 0.5) is 11.4 Å². The fourth-order valence-electron chi connectivity index (χ4n) is 4.33. The second kappa shape index (κ2) is 7.42. The number of carbonyl (C=O) groups excluding carboxylic acids is 1. The highest BCUT2D eigenvalue weighted by Gasteiger charge is 2.42. The molecule has 2 aliphatic heterocycles. The number of hydrogen-bond acceptors (Lipinski definition) is 4. The van der Waals surface area contributed by atoms with Gasteiger partial charge in [0.05, 0.1) is 17.1 Å². The monoisotopic (exact) mass is 434 g/mol. The van der Waals surface area contributed by atoms with E-state index in [1.165, 1.54) is 4.31 Å². The van der Waals surface area contributed by atoms with Gasteiger partial charge in [0.1, 0.15) is 5.75 Å². The van der Waals surface area contributed by atoms with Crippen molar-refractivity contribution in [3.8, 4) is 5.75 Å². The molecular formula is C24H22N2O4S. The first kappa shape index (κ1) is 19.6. The molecule has 2 heterocycles. The summed E-state index contributed by atoms with van der Waals surface area (Å²) in [6.45, 7) is 1.91. The van der Waals surface area contributed by atoms with Crippen LogP contribution in [-0.4, -0.2) is 33.0 Å². The molecule has 3 aromatic carbocycles. The lowest BCUT2D eigenvalue weighted by molar-refractivity contribution is -0.125. The summed E-state index contributed by atoms with van der Waals surface area (Å²) in [4.78, 5) is 15.5. The van der Waals surface area contributed by atoms with Gasteiger partial charge in [-0.1, -0.05) is 48.5 Å². The Bertz CT molecular complexity index is 1240. The van der Waals surface area contributed by atoms with Crippen LogP contribution >= 0.6 is 0 Å². The number of para-hydroxylation sites is 3. The van der Waals surface area contributed by atoms with Gasteiger partial charge >= 0.3 is 0 Å². The first-order chi connectivity index (χ1) is 15.0. The Morgan fingerprint density at radius 1 is 0.903 bits per heavy atom. The van der Waals surface area contributed by atoms with E-state index in [1.54, 1.807) is 59.5 Å². The van der Waals surface area contributed by atoms with Gasteiger partial charge in [-0.15, -0.1) is 0 Å². The van der Waals surface area contributed by atoms with Crippen molar-refractivity contribution >= 4 is 27.3 Å². The van der Waals surface area contributed by atoms with E-state index in [4.69, 9.17) is 4.74 Å². The Hall–Kier alpha value is -3.32. The minimum atomic E-state index is -3.86. The van der Waals surface area contributed by atoms with Crippen LogP contribution in [0.1, 0.15) is 12.5 Å². The summed E-state index contributed by atoms with van der Waals surface area (Å²) in [5, 5.41) is 0. The molecular weight excluding hydrogens is 412 g/mol. The minimum Gasteiger partial charge on any atom is -0.476 e. The van der Waals surface area contributed by atoms with E-state index in [9.17, 15) is 13.2 Å². The zero-order valence-electron chi connectivity index (χ0n) is 17.0. The number of nitrogens with zero attached hydrogens (tertiary/aromatic N) is 2. The van der Waals surface area contributed by atoms with E-state index in [0.29, 0.717) is 11.4 Å². The quantitative estimate of drug-likeness (QED) is 0.632.